The first-order valence-corrected chi connectivity index (χ1v) is 9.92. The summed E-state index contributed by atoms with van der Waals surface area (Å²) in [6.45, 7) is 0. The highest BCUT2D eigenvalue weighted by Gasteiger charge is 2.11. The molecule has 5 rings (SSSR count). The van der Waals surface area contributed by atoms with Crippen molar-refractivity contribution in [1.29, 1.82) is 0 Å². The van der Waals surface area contributed by atoms with E-state index in [0.29, 0.717) is 0 Å². The molecule has 0 aliphatic carbocycles. The van der Waals surface area contributed by atoms with Crippen molar-refractivity contribution in [2.75, 3.05) is 12.4 Å². The number of hydrogen-bond acceptors (Lipinski definition) is 5. The summed E-state index contributed by atoms with van der Waals surface area (Å²) in [6.07, 6.45) is 9.40. The Morgan fingerprint density at radius 1 is 0.968 bits per heavy atom. The standard InChI is InChI=1S/C24H22N6O/c1-29-15-25-13-22(29)16-7-8-21(23(9-16)31-3)28-24-10-20-17(11-26-24)5-4-6-19(20)18-12-27-30(2)14-18/h4-15H,1-3H3,(H,26,28). The quantitative estimate of drug-likeness (QED) is 0.451. The summed E-state index contributed by atoms with van der Waals surface area (Å²) in [6, 6.07) is 14.3. The summed E-state index contributed by atoms with van der Waals surface area (Å²) in [5.41, 5.74) is 5.10. The molecule has 0 amide bonds. The molecule has 1 N–H and O–H groups in total. The van der Waals surface area contributed by atoms with Crippen LogP contribution < -0.4 is 10.1 Å². The number of benzene rings is 2. The zero-order chi connectivity index (χ0) is 21.4. The van der Waals surface area contributed by atoms with Crippen molar-refractivity contribution in [3.63, 3.8) is 0 Å². The molecule has 154 valence electrons. The van der Waals surface area contributed by atoms with E-state index in [4.69, 9.17) is 4.74 Å². The molecule has 3 aromatic heterocycles. The number of aryl methyl sites for hydroxylation is 2. The smallest absolute Gasteiger partial charge is 0.143 e. The van der Waals surface area contributed by atoms with E-state index in [1.807, 2.05) is 72.4 Å². The van der Waals surface area contributed by atoms with Gasteiger partial charge in [-0.25, -0.2) is 9.97 Å². The van der Waals surface area contributed by atoms with E-state index >= 15 is 0 Å². The molecule has 0 bridgehead atoms. The highest BCUT2D eigenvalue weighted by molar-refractivity contribution is 5.97. The molecular formula is C24H22N6O. The van der Waals surface area contributed by atoms with Crippen LogP contribution >= 0.6 is 0 Å². The van der Waals surface area contributed by atoms with E-state index < -0.39 is 0 Å². The molecular weight excluding hydrogens is 388 g/mol. The van der Waals surface area contributed by atoms with Crippen LogP contribution in [0.15, 0.2) is 73.6 Å². The highest BCUT2D eigenvalue weighted by atomic mass is 16.5. The van der Waals surface area contributed by atoms with Gasteiger partial charge in [-0.3, -0.25) is 4.68 Å². The van der Waals surface area contributed by atoms with Gasteiger partial charge in [0.15, 0.2) is 0 Å². The summed E-state index contributed by atoms with van der Waals surface area (Å²) in [4.78, 5) is 8.80. The largest absolute Gasteiger partial charge is 0.495 e. The van der Waals surface area contributed by atoms with Gasteiger partial charge in [0.25, 0.3) is 0 Å². The van der Waals surface area contributed by atoms with Gasteiger partial charge >= 0.3 is 0 Å². The van der Waals surface area contributed by atoms with Gasteiger partial charge < -0.3 is 14.6 Å². The van der Waals surface area contributed by atoms with Crippen LogP contribution in [0.5, 0.6) is 5.75 Å². The number of aromatic nitrogens is 5. The van der Waals surface area contributed by atoms with Crippen LogP contribution in [-0.2, 0) is 14.1 Å². The van der Waals surface area contributed by atoms with E-state index in [-0.39, 0.29) is 0 Å². The van der Waals surface area contributed by atoms with Gasteiger partial charge in [0.1, 0.15) is 11.6 Å². The average Bonchev–Trinajstić information content (AvgIpc) is 3.41. The third-order valence-electron chi connectivity index (χ3n) is 5.36. The van der Waals surface area contributed by atoms with Gasteiger partial charge in [-0.2, -0.15) is 5.10 Å². The number of fused-ring (bicyclic) bond motifs is 1. The van der Waals surface area contributed by atoms with Gasteiger partial charge in [-0.1, -0.05) is 24.3 Å². The Morgan fingerprint density at radius 3 is 2.61 bits per heavy atom. The van der Waals surface area contributed by atoms with Crippen molar-refractivity contribution in [3.8, 4) is 28.1 Å². The lowest BCUT2D eigenvalue weighted by Gasteiger charge is -2.13. The first kappa shape index (κ1) is 18.9. The van der Waals surface area contributed by atoms with Crippen molar-refractivity contribution in [1.82, 2.24) is 24.3 Å². The maximum Gasteiger partial charge on any atom is 0.143 e. The van der Waals surface area contributed by atoms with E-state index in [9.17, 15) is 0 Å². The molecule has 31 heavy (non-hydrogen) atoms. The molecule has 7 heteroatoms. The van der Waals surface area contributed by atoms with E-state index in [1.54, 1.807) is 13.4 Å². The molecule has 0 atom stereocenters. The number of imidazole rings is 1. The third-order valence-corrected chi connectivity index (χ3v) is 5.36. The summed E-state index contributed by atoms with van der Waals surface area (Å²) in [5, 5.41) is 9.90. The van der Waals surface area contributed by atoms with E-state index in [1.165, 1.54) is 0 Å². The number of nitrogens with zero attached hydrogens (tertiary/aromatic N) is 5. The fraction of sp³-hybridized carbons (Fsp3) is 0.125. The Hall–Kier alpha value is -4.13. The van der Waals surface area contributed by atoms with Crippen LogP contribution in [0.4, 0.5) is 11.5 Å². The van der Waals surface area contributed by atoms with Gasteiger partial charge in [-0.15, -0.1) is 0 Å². The monoisotopic (exact) mass is 410 g/mol. The van der Waals surface area contributed by atoms with Crippen molar-refractivity contribution in [3.05, 3.63) is 73.6 Å². The maximum atomic E-state index is 5.65. The molecule has 7 nitrogen and oxygen atoms in total. The lowest BCUT2D eigenvalue weighted by molar-refractivity contribution is 0.417. The number of rotatable bonds is 5. The molecule has 0 aliphatic rings. The minimum absolute atomic E-state index is 0.737. The fourth-order valence-corrected chi connectivity index (χ4v) is 3.78. The lowest BCUT2D eigenvalue weighted by Crippen LogP contribution is -1.98. The number of ether oxygens (including phenoxy) is 1. The number of methoxy groups -OCH3 is 1. The second-order valence-electron chi connectivity index (χ2n) is 7.43. The summed E-state index contributed by atoms with van der Waals surface area (Å²) < 4.78 is 9.44. The van der Waals surface area contributed by atoms with Crippen molar-refractivity contribution >= 4 is 22.3 Å². The zero-order valence-electron chi connectivity index (χ0n) is 17.6. The molecule has 0 unspecified atom stereocenters. The Bertz CT molecular complexity index is 1380. The van der Waals surface area contributed by atoms with Crippen molar-refractivity contribution < 1.29 is 4.74 Å². The highest BCUT2D eigenvalue weighted by Crippen LogP contribution is 2.34. The summed E-state index contributed by atoms with van der Waals surface area (Å²) >= 11 is 0. The molecule has 5 aromatic rings. The molecule has 0 radical (unpaired) electrons. The van der Waals surface area contributed by atoms with Crippen LogP contribution in [0.3, 0.4) is 0 Å². The molecule has 0 spiro atoms. The molecule has 0 saturated carbocycles. The summed E-state index contributed by atoms with van der Waals surface area (Å²) in [7, 11) is 5.56. The number of anilines is 2. The minimum atomic E-state index is 0.737. The third kappa shape index (κ3) is 3.50. The van der Waals surface area contributed by atoms with Crippen LogP contribution in [-0.4, -0.2) is 31.4 Å². The predicted molar refractivity (Wildman–Crippen MR) is 122 cm³/mol. The van der Waals surface area contributed by atoms with E-state index in [2.05, 4.69) is 38.6 Å². The fourth-order valence-electron chi connectivity index (χ4n) is 3.78. The molecule has 0 aliphatic heterocycles. The number of nitrogens with one attached hydrogen (secondary N) is 1. The zero-order valence-corrected chi connectivity index (χ0v) is 17.6. The van der Waals surface area contributed by atoms with Gasteiger partial charge in [0.2, 0.25) is 0 Å². The first-order valence-electron chi connectivity index (χ1n) is 9.92. The lowest BCUT2D eigenvalue weighted by atomic mass is 10.0. The van der Waals surface area contributed by atoms with Gasteiger partial charge in [0, 0.05) is 43.0 Å². The molecule has 0 fully saturated rings. The first-order chi connectivity index (χ1) is 15.1. The Labute approximate surface area is 180 Å². The van der Waals surface area contributed by atoms with Crippen molar-refractivity contribution in [2.24, 2.45) is 14.1 Å². The van der Waals surface area contributed by atoms with Gasteiger partial charge in [0.05, 0.1) is 37.2 Å². The van der Waals surface area contributed by atoms with Crippen LogP contribution in [0.25, 0.3) is 33.2 Å². The Kier molecular flexibility index (Phi) is 4.63. The summed E-state index contributed by atoms with van der Waals surface area (Å²) in [5.74, 6) is 1.48. The average molecular weight is 410 g/mol. The second kappa shape index (κ2) is 7.60. The molecule has 3 heterocycles. The SMILES string of the molecule is COc1cc(-c2cncn2C)ccc1Nc1cc2c(-c3cnn(C)c3)cccc2cn1. The Balaban J connectivity index is 1.53. The minimum Gasteiger partial charge on any atom is -0.495 e. The molecule has 0 saturated heterocycles. The molecule has 2 aromatic carbocycles. The van der Waals surface area contributed by atoms with Crippen LogP contribution in [0.2, 0.25) is 0 Å². The van der Waals surface area contributed by atoms with Crippen LogP contribution in [0, 0.1) is 0 Å². The normalized spacial score (nSPS) is 11.1. The topological polar surface area (TPSA) is 69.8 Å². The number of pyridine rings is 1. The second-order valence-corrected chi connectivity index (χ2v) is 7.43. The maximum absolute atomic E-state index is 5.65. The van der Waals surface area contributed by atoms with Gasteiger partial charge in [-0.05, 0) is 29.1 Å². The van der Waals surface area contributed by atoms with E-state index in [0.717, 1.165) is 50.4 Å². The number of hydrogen-bond donors (Lipinski definition) is 1. The van der Waals surface area contributed by atoms with Crippen LogP contribution in [0.1, 0.15) is 0 Å². The predicted octanol–water partition coefficient (Wildman–Crippen LogP) is 4.79. The Morgan fingerprint density at radius 2 is 1.87 bits per heavy atom. The van der Waals surface area contributed by atoms with Crippen molar-refractivity contribution in [2.45, 2.75) is 0 Å².